The van der Waals surface area contributed by atoms with Gasteiger partial charge in [0.2, 0.25) is 0 Å². The Hall–Kier alpha value is -6.12. The molecule has 0 radical (unpaired) electrons. The lowest BCUT2D eigenvalue weighted by molar-refractivity contribution is 0.932. The molecule has 0 atom stereocenters. The Balaban J connectivity index is 1.17. The molecular weight excluding hydrogens is 605 g/mol. The van der Waals surface area contributed by atoms with Gasteiger partial charge in [-0.15, -0.1) is 0 Å². The van der Waals surface area contributed by atoms with E-state index in [-0.39, 0.29) is 0 Å². The molecule has 8 aromatic rings. The third-order valence-corrected chi connectivity index (χ3v) is 10.7. The Morgan fingerprint density at radius 1 is 0.500 bits per heavy atom. The predicted molar refractivity (Wildman–Crippen MR) is 213 cm³/mol. The van der Waals surface area contributed by atoms with Gasteiger partial charge in [0.25, 0.3) is 0 Å². The molecule has 50 heavy (non-hydrogen) atoms. The summed E-state index contributed by atoms with van der Waals surface area (Å²) in [5.74, 6) is 0. The number of anilines is 2. The van der Waals surface area contributed by atoms with Crippen molar-refractivity contribution in [3.8, 4) is 5.69 Å². The molecule has 1 aromatic heterocycles. The minimum atomic E-state index is 0.943. The van der Waals surface area contributed by atoms with Crippen molar-refractivity contribution < 1.29 is 0 Å². The van der Waals surface area contributed by atoms with Crippen LogP contribution in [0.1, 0.15) is 36.1 Å². The van der Waals surface area contributed by atoms with Crippen molar-refractivity contribution in [1.82, 2.24) is 4.57 Å². The minimum Gasteiger partial charge on any atom is -0.314 e. The van der Waals surface area contributed by atoms with Crippen LogP contribution in [0.2, 0.25) is 0 Å². The van der Waals surface area contributed by atoms with Gasteiger partial charge in [-0.1, -0.05) is 127 Å². The molecule has 2 heteroatoms. The van der Waals surface area contributed by atoms with Crippen molar-refractivity contribution in [3.63, 3.8) is 0 Å². The van der Waals surface area contributed by atoms with Gasteiger partial charge in [0.15, 0.2) is 0 Å². The first-order valence-corrected chi connectivity index (χ1v) is 17.8. The molecule has 7 aromatic carbocycles. The molecule has 0 aliphatic heterocycles. The Morgan fingerprint density at radius 2 is 1.16 bits per heavy atom. The zero-order valence-corrected chi connectivity index (χ0v) is 27.9. The van der Waals surface area contributed by atoms with Crippen molar-refractivity contribution in [3.05, 3.63) is 186 Å². The molecule has 0 spiro atoms. The molecule has 0 fully saturated rings. The average molecular weight is 641 g/mol. The van der Waals surface area contributed by atoms with Crippen LogP contribution >= 0.6 is 0 Å². The van der Waals surface area contributed by atoms with Crippen molar-refractivity contribution in [1.29, 1.82) is 0 Å². The monoisotopic (exact) mass is 640 g/mol. The maximum Gasteiger partial charge on any atom is 0.0619 e. The predicted octanol–water partition coefficient (Wildman–Crippen LogP) is 12.9. The number of aromatic nitrogens is 1. The summed E-state index contributed by atoms with van der Waals surface area (Å²) in [5.41, 5.74) is 11.8. The van der Waals surface area contributed by atoms with E-state index in [1.807, 2.05) is 0 Å². The van der Waals surface area contributed by atoms with Gasteiger partial charge in [-0.3, -0.25) is 0 Å². The number of aryl methyl sites for hydroxylation is 1. The van der Waals surface area contributed by atoms with Crippen molar-refractivity contribution in [2.24, 2.45) is 0 Å². The van der Waals surface area contributed by atoms with E-state index in [9.17, 15) is 0 Å². The molecule has 0 amide bonds. The van der Waals surface area contributed by atoms with Crippen LogP contribution in [0.3, 0.4) is 0 Å². The number of fused-ring (bicyclic) bond motifs is 6. The molecule has 238 valence electrons. The number of rotatable bonds is 5. The molecule has 10 rings (SSSR count). The smallest absolute Gasteiger partial charge is 0.0619 e. The van der Waals surface area contributed by atoms with Gasteiger partial charge < -0.3 is 9.47 Å². The number of para-hydroxylation sites is 2. The molecule has 2 aliphatic carbocycles. The van der Waals surface area contributed by atoms with Crippen LogP contribution in [0, 0.1) is 0 Å². The number of hydrogen-bond acceptors (Lipinski definition) is 1. The largest absolute Gasteiger partial charge is 0.314 e. The second kappa shape index (κ2) is 11.8. The van der Waals surface area contributed by atoms with Gasteiger partial charge >= 0.3 is 0 Å². The molecule has 2 aliphatic rings. The topological polar surface area (TPSA) is 8.17 Å². The van der Waals surface area contributed by atoms with Gasteiger partial charge in [0.05, 0.1) is 11.2 Å². The highest BCUT2D eigenvalue weighted by atomic mass is 15.1. The molecule has 1 heterocycles. The van der Waals surface area contributed by atoms with E-state index < -0.39 is 0 Å². The van der Waals surface area contributed by atoms with E-state index in [1.165, 1.54) is 88.4 Å². The van der Waals surface area contributed by atoms with Crippen LogP contribution in [0.25, 0.3) is 60.6 Å². The lowest BCUT2D eigenvalue weighted by atomic mass is 9.86. The highest BCUT2D eigenvalue weighted by Crippen LogP contribution is 2.45. The van der Waals surface area contributed by atoms with Crippen LogP contribution < -0.4 is 4.90 Å². The SMILES string of the molecule is C1=Cc2c(c3ccccc3n2-c2c3ccccc3c(C3=CC=C(N(c4ccccc4)c4ccc5ccccc5c4)CC3)c3ccccc23)CC1. The normalized spacial score (nSPS) is 14.2. The summed E-state index contributed by atoms with van der Waals surface area (Å²) >= 11 is 0. The number of benzene rings is 7. The fraction of sp³-hybridized carbons (Fsp3) is 0.0833. The van der Waals surface area contributed by atoms with Gasteiger partial charge in [0, 0.05) is 38.9 Å². The first kappa shape index (κ1) is 28.9. The zero-order chi connectivity index (χ0) is 33.0. The summed E-state index contributed by atoms with van der Waals surface area (Å²) in [6, 6.07) is 53.3. The summed E-state index contributed by atoms with van der Waals surface area (Å²) in [7, 11) is 0. The van der Waals surface area contributed by atoms with Crippen molar-refractivity contribution in [2.75, 3.05) is 4.90 Å². The third kappa shape index (κ3) is 4.56. The van der Waals surface area contributed by atoms with Crippen LogP contribution in [-0.2, 0) is 6.42 Å². The van der Waals surface area contributed by atoms with E-state index >= 15 is 0 Å². The highest BCUT2D eigenvalue weighted by molar-refractivity contribution is 6.16. The van der Waals surface area contributed by atoms with Gasteiger partial charge in [-0.2, -0.15) is 0 Å². The lowest BCUT2D eigenvalue weighted by Crippen LogP contribution is -2.17. The Morgan fingerprint density at radius 3 is 1.90 bits per heavy atom. The molecular formula is C48H36N2. The third-order valence-electron chi connectivity index (χ3n) is 10.7. The fourth-order valence-electron chi connectivity index (χ4n) is 8.51. The summed E-state index contributed by atoms with van der Waals surface area (Å²) < 4.78 is 2.54. The van der Waals surface area contributed by atoms with E-state index in [0.29, 0.717) is 0 Å². The second-order valence-electron chi connectivity index (χ2n) is 13.5. The standard InChI is InChI=1S/C48H36N2/c1-2-16-36(17-3-1)49(38-31-26-33-14-4-5-15-35(33)32-38)37-29-27-34(28-30-37)47-41-20-6-8-22-43(41)48(44-23-9-7-21-42(44)47)50-45-24-12-10-18-39(45)40-19-11-13-25-46(40)50/h1-10,12-18,20-27,29,31-32H,11,19,28,30H2. The maximum atomic E-state index is 2.54. The fourth-order valence-corrected chi connectivity index (χ4v) is 8.51. The molecule has 0 N–H and O–H groups in total. The van der Waals surface area contributed by atoms with E-state index in [2.05, 4.69) is 179 Å². The zero-order valence-electron chi connectivity index (χ0n) is 27.9. The van der Waals surface area contributed by atoms with Gasteiger partial charge in [0.1, 0.15) is 0 Å². The quantitative estimate of drug-likeness (QED) is 0.170. The molecule has 2 nitrogen and oxygen atoms in total. The Labute approximate surface area is 292 Å². The van der Waals surface area contributed by atoms with Gasteiger partial charge in [-0.25, -0.2) is 0 Å². The first-order chi connectivity index (χ1) is 24.8. The second-order valence-corrected chi connectivity index (χ2v) is 13.5. The maximum absolute atomic E-state index is 2.54. The minimum absolute atomic E-state index is 0.943. The number of allylic oxidation sites excluding steroid dienone is 5. The molecule has 0 unspecified atom stereocenters. The van der Waals surface area contributed by atoms with Gasteiger partial charge in [-0.05, 0) is 106 Å². The van der Waals surface area contributed by atoms with E-state index in [0.717, 1.165) is 25.7 Å². The van der Waals surface area contributed by atoms with Crippen LogP contribution in [0.15, 0.2) is 170 Å². The number of hydrogen-bond donors (Lipinski definition) is 0. The molecule has 0 saturated heterocycles. The van der Waals surface area contributed by atoms with Crippen molar-refractivity contribution >= 4 is 66.2 Å². The summed E-state index contributed by atoms with van der Waals surface area (Å²) in [6.07, 6.45) is 13.5. The highest BCUT2D eigenvalue weighted by Gasteiger charge is 2.25. The Kier molecular flexibility index (Phi) is 6.80. The number of nitrogens with zero attached hydrogens (tertiary/aromatic N) is 2. The molecule has 0 saturated carbocycles. The Bertz CT molecular complexity index is 2650. The summed E-state index contributed by atoms with van der Waals surface area (Å²) in [6.45, 7) is 0. The molecule has 0 bridgehead atoms. The summed E-state index contributed by atoms with van der Waals surface area (Å²) in [4.78, 5) is 2.44. The first-order valence-electron chi connectivity index (χ1n) is 17.8. The summed E-state index contributed by atoms with van der Waals surface area (Å²) in [5, 5.41) is 9.09. The van der Waals surface area contributed by atoms with Crippen molar-refractivity contribution in [2.45, 2.75) is 25.7 Å². The lowest BCUT2D eigenvalue weighted by Gasteiger charge is -2.30. The van der Waals surface area contributed by atoms with E-state index in [1.54, 1.807) is 0 Å². The van der Waals surface area contributed by atoms with Crippen LogP contribution in [0.5, 0.6) is 0 Å². The van der Waals surface area contributed by atoms with Crippen LogP contribution in [-0.4, -0.2) is 4.57 Å². The van der Waals surface area contributed by atoms with E-state index in [4.69, 9.17) is 0 Å². The average Bonchev–Trinajstić information content (AvgIpc) is 3.52. The van der Waals surface area contributed by atoms with Crippen LogP contribution in [0.4, 0.5) is 11.4 Å².